The van der Waals surface area contributed by atoms with Crippen LogP contribution in [0.4, 0.5) is 0 Å². The van der Waals surface area contributed by atoms with Crippen LogP contribution in [0.5, 0.6) is 0 Å². The standard InChI is InChI=1S/2C26H21.C2H7Si.2ClH.Zr/c2*1-17(2)21-15-20-10-7-13-24(25(20)16-21)26-22-11-5-3-8-18(22)14-19-9-4-6-12-23(19)26;1-3-2;;;/h2*3-17H,1-2H3;3H,1-2H3;2*1H;/q;;;;;+2/p-2. The first-order valence-electron chi connectivity index (χ1n) is 21.0. The molecule has 0 aliphatic heterocycles. The molecule has 8 aromatic rings. The molecule has 0 fully saturated rings. The summed E-state index contributed by atoms with van der Waals surface area (Å²) in [4.78, 5) is 0. The molecule has 0 aromatic heterocycles. The molecule has 2 atom stereocenters. The molecule has 0 heterocycles. The van der Waals surface area contributed by atoms with Crippen LogP contribution in [-0.2, 0) is 15.6 Å². The molecule has 287 valence electrons. The van der Waals surface area contributed by atoms with Crippen LogP contribution in [0.25, 0.3) is 77.5 Å². The normalized spacial score (nSPS) is 17.3. The fourth-order valence-corrected chi connectivity index (χ4v) is 42.4. The van der Waals surface area contributed by atoms with Gasteiger partial charge in [-0.2, -0.15) is 0 Å². The van der Waals surface area contributed by atoms with Gasteiger partial charge in [0.25, 0.3) is 0 Å². The Morgan fingerprint density at radius 3 is 1.09 bits per heavy atom. The Kier molecular flexibility index (Phi) is 9.23. The molecule has 10 rings (SSSR count). The SMILES string of the molecule is CC(C)C1=Cc2c(-c3c4ccccc4cc4ccccc34)cccc2[CH]1[Zr]([Cl])([Cl])([CH]1C(C(C)C)=Cc2c(-c3c4ccccc4cc4ccccc34)cccc21)[SiH](C)C. The second-order valence-corrected chi connectivity index (χ2v) is 60.4. The van der Waals surface area contributed by atoms with Gasteiger partial charge in [-0.25, -0.2) is 0 Å². The Morgan fingerprint density at radius 1 is 0.448 bits per heavy atom. The van der Waals surface area contributed by atoms with E-state index in [1.54, 1.807) is 0 Å². The van der Waals surface area contributed by atoms with Crippen LogP contribution in [-0.4, -0.2) is 5.92 Å². The van der Waals surface area contributed by atoms with Gasteiger partial charge in [0.2, 0.25) is 0 Å². The van der Waals surface area contributed by atoms with Gasteiger partial charge in [0, 0.05) is 0 Å². The second kappa shape index (κ2) is 14.0. The van der Waals surface area contributed by atoms with Crippen molar-refractivity contribution in [2.75, 3.05) is 0 Å². The molecule has 0 N–H and O–H groups in total. The monoisotopic (exact) mass is 885 g/mol. The molecule has 2 aliphatic rings. The van der Waals surface area contributed by atoms with Gasteiger partial charge < -0.3 is 0 Å². The van der Waals surface area contributed by atoms with Crippen LogP contribution in [0.1, 0.15) is 57.2 Å². The van der Waals surface area contributed by atoms with Crippen LogP contribution < -0.4 is 0 Å². The van der Waals surface area contributed by atoms with Gasteiger partial charge in [0.1, 0.15) is 0 Å². The van der Waals surface area contributed by atoms with Crippen molar-refractivity contribution in [1.82, 2.24) is 0 Å². The third-order valence-corrected chi connectivity index (χ3v) is 65.5. The molecular weight excluding hydrogens is 839 g/mol. The first-order valence-corrected chi connectivity index (χ1v) is 37.4. The van der Waals surface area contributed by atoms with Crippen molar-refractivity contribution in [3.05, 3.63) is 179 Å². The second-order valence-electron chi connectivity index (χ2n) is 17.8. The molecule has 8 aromatic carbocycles. The third-order valence-electron chi connectivity index (χ3n) is 13.8. The van der Waals surface area contributed by atoms with E-state index in [-0.39, 0.29) is 19.1 Å². The number of halogens is 2. The Hall–Kier alpha value is -4.04. The Morgan fingerprint density at radius 2 is 0.776 bits per heavy atom. The summed E-state index contributed by atoms with van der Waals surface area (Å²) in [6, 6.07) is 54.1. The van der Waals surface area contributed by atoms with E-state index in [2.05, 4.69) is 199 Å². The zero-order valence-electron chi connectivity index (χ0n) is 34.2. The fourth-order valence-electron chi connectivity index (χ4n) is 11.0. The summed E-state index contributed by atoms with van der Waals surface area (Å²) in [5.74, 6) is -1.21. The molecule has 0 radical (unpaired) electrons. The predicted octanol–water partition coefficient (Wildman–Crippen LogP) is 16.5. The zero-order valence-corrected chi connectivity index (χ0v) is 39.3. The van der Waals surface area contributed by atoms with Crippen LogP contribution >= 0.6 is 17.0 Å². The van der Waals surface area contributed by atoms with E-state index < -0.39 is 21.5 Å². The summed E-state index contributed by atoms with van der Waals surface area (Å²) in [7, 11) is 18.0. The molecule has 0 amide bonds. The summed E-state index contributed by atoms with van der Waals surface area (Å²) in [5.41, 5.74) is 13.3. The molecule has 0 nitrogen and oxygen atoms in total. The van der Waals surface area contributed by atoms with Crippen molar-refractivity contribution in [3.63, 3.8) is 0 Å². The van der Waals surface area contributed by atoms with Gasteiger partial charge >= 0.3 is 355 Å². The number of rotatable bonds is 7. The number of hydrogen-bond donors (Lipinski definition) is 0. The zero-order chi connectivity index (χ0) is 40.1. The summed E-state index contributed by atoms with van der Waals surface area (Å²) in [5, 5.41) is 10.1. The van der Waals surface area contributed by atoms with E-state index in [4.69, 9.17) is 17.0 Å². The number of benzene rings is 8. The van der Waals surface area contributed by atoms with E-state index in [1.807, 2.05) is 0 Å². The molecule has 0 spiro atoms. The van der Waals surface area contributed by atoms with E-state index in [0.717, 1.165) is 0 Å². The van der Waals surface area contributed by atoms with Crippen LogP contribution in [0, 0.1) is 11.8 Å². The minimum absolute atomic E-state index is 0.00720. The summed E-state index contributed by atoms with van der Waals surface area (Å²) in [6.07, 6.45) is 5.05. The minimum atomic E-state index is -5.10. The van der Waals surface area contributed by atoms with Crippen molar-refractivity contribution >= 4 is 78.2 Å². The third kappa shape index (κ3) is 5.55. The number of hydrogen-bond acceptors (Lipinski definition) is 0. The first kappa shape index (κ1) is 38.2. The van der Waals surface area contributed by atoms with E-state index in [9.17, 15) is 0 Å². The number of fused-ring (bicyclic) bond motifs is 6. The van der Waals surface area contributed by atoms with Crippen LogP contribution in [0.3, 0.4) is 0 Å². The maximum atomic E-state index is 9.01. The van der Waals surface area contributed by atoms with E-state index >= 15 is 0 Å². The summed E-state index contributed by atoms with van der Waals surface area (Å²) < 4.78 is 0.0144. The van der Waals surface area contributed by atoms with Crippen molar-refractivity contribution in [2.45, 2.75) is 48.0 Å². The van der Waals surface area contributed by atoms with Crippen molar-refractivity contribution < 1.29 is 15.6 Å². The van der Waals surface area contributed by atoms with Crippen molar-refractivity contribution in [3.8, 4) is 22.3 Å². The molecule has 58 heavy (non-hydrogen) atoms. The molecule has 2 unspecified atom stereocenters. The fraction of sp³-hybridized carbons (Fsp3) is 0.185. The predicted molar refractivity (Wildman–Crippen MR) is 255 cm³/mol. The Balaban J connectivity index is 1.24. The van der Waals surface area contributed by atoms with Gasteiger partial charge in [0.15, 0.2) is 0 Å². The molecule has 0 bridgehead atoms. The van der Waals surface area contributed by atoms with Crippen molar-refractivity contribution in [2.24, 2.45) is 11.8 Å². The van der Waals surface area contributed by atoms with Gasteiger partial charge in [-0.1, -0.05) is 0 Å². The number of allylic oxidation sites excluding steroid dienone is 2. The van der Waals surface area contributed by atoms with Crippen LogP contribution in [0.15, 0.2) is 157 Å². The van der Waals surface area contributed by atoms with E-state index in [0.29, 0.717) is 0 Å². The van der Waals surface area contributed by atoms with Gasteiger partial charge in [-0.15, -0.1) is 0 Å². The van der Waals surface area contributed by atoms with Gasteiger partial charge in [0.05, 0.1) is 0 Å². The molecule has 2 aliphatic carbocycles. The summed E-state index contributed by atoms with van der Waals surface area (Å²) >= 11 is -5.10. The average molecular weight is 888 g/mol. The average Bonchev–Trinajstić information content (AvgIpc) is 3.84. The summed E-state index contributed by atoms with van der Waals surface area (Å²) in [6.45, 7) is 14.4. The maximum absolute atomic E-state index is 9.01. The molecule has 4 heteroatoms. The molecular formula is C54H49Cl2SiZr. The van der Waals surface area contributed by atoms with E-state index in [1.165, 1.54) is 98.7 Å². The molecule has 0 saturated carbocycles. The van der Waals surface area contributed by atoms with Gasteiger partial charge in [-0.3, -0.25) is 0 Å². The Bertz CT molecular complexity index is 2750. The Labute approximate surface area is 352 Å². The van der Waals surface area contributed by atoms with Crippen LogP contribution in [0.2, 0.25) is 13.1 Å². The quantitative estimate of drug-likeness (QED) is 0.110. The topological polar surface area (TPSA) is 0 Å². The molecule has 0 saturated heterocycles. The first-order chi connectivity index (χ1) is 28.0. The van der Waals surface area contributed by atoms with Crippen molar-refractivity contribution in [1.29, 1.82) is 0 Å². The van der Waals surface area contributed by atoms with Gasteiger partial charge in [-0.05, 0) is 0 Å².